The fourth-order valence-electron chi connectivity index (χ4n) is 5.45. The maximum absolute atomic E-state index is 13.1. The molecule has 9 heteroatoms. The molecule has 4 heterocycles. The Morgan fingerprint density at radius 1 is 0.930 bits per heavy atom. The number of piperazine rings is 1. The Labute approximate surface area is 259 Å². The van der Waals surface area contributed by atoms with Crippen LogP contribution in [0.25, 0.3) is 16.4 Å². The van der Waals surface area contributed by atoms with Gasteiger partial charge in [0.05, 0.1) is 0 Å². The van der Waals surface area contributed by atoms with Crippen LogP contribution in [0.4, 0.5) is 17.3 Å². The van der Waals surface area contributed by atoms with Crippen LogP contribution in [0.5, 0.6) is 0 Å². The number of imidazole rings is 1. The summed E-state index contributed by atoms with van der Waals surface area (Å²) in [6, 6.07) is 18.8. The van der Waals surface area contributed by atoms with Crippen LogP contribution in [-0.4, -0.2) is 58.1 Å². The van der Waals surface area contributed by atoms with Crippen LogP contribution >= 0.6 is 11.8 Å². The number of aryl methyl sites for hydroxylation is 2. The van der Waals surface area contributed by atoms with Gasteiger partial charge in [0, 0.05) is 68.1 Å². The Morgan fingerprint density at radius 3 is 2.35 bits per heavy atom. The molecule has 0 amide bonds. The van der Waals surface area contributed by atoms with Crippen molar-refractivity contribution in [3.8, 4) is 0 Å². The minimum absolute atomic E-state index is 0.0792. The van der Waals surface area contributed by atoms with Crippen molar-refractivity contribution in [1.82, 2.24) is 19.2 Å². The van der Waals surface area contributed by atoms with E-state index in [1.54, 1.807) is 22.5 Å². The van der Waals surface area contributed by atoms with E-state index < -0.39 is 0 Å². The second kappa shape index (κ2) is 15.0. The van der Waals surface area contributed by atoms with Crippen LogP contribution < -0.4 is 20.7 Å². The number of thioether (sulfide) groups is 1. The fraction of sp³-hybridized carbons (Fsp3) is 0.382. The smallest absolute Gasteiger partial charge is 0.259 e. The van der Waals surface area contributed by atoms with Crippen molar-refractivity contribution in [2.75, 3.05) is 54.1 Å². The summed E-state index contributed by atoms with van der Waals surface area (Å²) in [7, 11) is 1.88. The second-order valence-electron chi connectivity index (χ2n) is 10.2. The average molecular weight is 600 g/mol. The van der Waals surface area contributed by atoms with Crippen LogP contribution in [0.15, 0.2) is 76.7 Å². The van der Waals surface area contributed by atoms with Gasteiger partial charge in [-0.2, -0.15) is 0 Å². The molecule has 1 fully saturated rings. The first kappa shape index (κ1) is 31.9. The van der Waals surface area contributed by atoms with E-state index in [0.717, 1.165) is 72.8 Å². The van der Waals surface area contributed by atoms with E-state index in [-0.39, 0.29) is 5.56 Å². The molecule has 0 saturated carbocycles. The lowest BCUT2D eigenvalue weighted by atomic mass is 10.0. The molecule has 0 spiro atoms. The highest BCUT2D eigenvalue weighted by molar-refractivity contribution is 7.98. The Balaban J connectivity index is 0.000000274. The van der Waals surface area contributed by atoms with Crippen molar-refractivity contribution >= 4 is 45.5 Å². The van der Waals surface area contributed by atoms with Crippen LogP contribution in [0.2, 0.25) is 0 Å². The maximum atomic E-state index is 13.1. The Bertz CT molecular complexity index is 1700. The summed E-state index contributed by atoms with van der Waals surface area (Å²) in [4.78, 5) is 23.3. The highest BCUT2D eigenvalue weighted by atomic mass is 32.2. The highest BCUT2D eigenvalue weighted by Gasteiger charge is 2.22. The zero-order valence-electron chi connectivity index (χ0n) is 26.6. The third kappa shape index (κ3) is 7.16. The normalized spacial score (nSPS) is 12.9. The van der Waals surface area contributed by atoms with Gasteiger partial charge in [-0.1, -0.05) is 44.5 Å². The first-order chi connectivity index (χ1) is 20.9. The lowest BCUT2D eigenvalue weighted by Crippen LogP contribution is -2.48. The Kier molecular flexibility index (Phi) is 11.1. The zero-order chi connectivity index (χ0) is 30.9. The van der Waals surface area contributed by atoms with Gasteiger partial charge in [0.25, 0.3) is 5.56 Å². The summed E-state index contributed by atoms with van der Waals surface area (Å²) < 4.78 is 3.61. The van der Waals surface area contributed by atoms with Crippen LogP contribution in [0.1, 0.15) is 38.8 Å². The molecule has 1 aliphatic heterocycles. The maximum Gasteiger partial charge on any atom is 0.259 e. The van der Waals surface area contributed by atoms with E-state index in [1.165, 1.54) is 16.1 Å². The number of nitrogens with one attached hydrogen (secondary N) is 1. The number of nitrogens with zero attached hydrogens (tertiary/aromatic N) is 6. The molecule has 1 saturated heterocycles. The molecular formula is C34H45N7OS. The summed E-state index contributed by atoms with van der Waals surface area (Å²) in [5, 5.41) is 9.87. The van der Waals surface area contributed by atoms with Crippen LogP contribution in [0.3, 0.4) is 0 Å². The molecule has 2 aromatic carbocycles. The lowest BCUT2D eigenvalue weighted by Gasteiger charge is -2.37. The predicted octanol–water partition coefficient (Wildman–Crippen LogP) is 6.65. The second-order valence-corrected chi connectivity index (χ2v) is 11.1. The Hall–Kier alpha value is -3.98. The van der Waals surface area contributed by atoms with Crippen molar-refractivity contribution in [3.63, 3.8) is 0 Å². The summed E-state index contributed by atoms with van der Waals surface area (Å²) in [5.41, 5.74) is 4.55. The van der Waals surface area contributed by atoms with Crippen LogP contribution in [-0.2, 0) is 13.5 Å². The van der Waals surface area contributed by atoms with Gasteiger partial charge in [0.15, 0.2) is 5.65 Å². The van der Waals surface area contributed by atoms with Gasteiger partial charge in [0.1, 0.15) is 11.6 Å². The highest BCUT2D eigenvalue weighted by Crippen LogP contribution is 2.26. The molecule has 0 bridgehead atoms. The SMILES string of the molecule is CC.CCNc1ccccc1SC.CCc1cc(C)cc2c(=O)n(C)c(N3CCN(c4ccc5nccn5n4)CC3)cc12. The van der Waals surface area contributed by atoms with E-state index in [2.05, 4.69) is 88.6 Å². The average Bonchev–Trinajstić information content (AvgIpc) is 3.53. The van der Waals surface area contributed by atoms with E-state index >= 15 is 0 Å². The number of benzene rings is 2. The van der Waals surface area contributed by atoms with Gasteiger partial charge < -0.3 is 15.1 Å². The van der Waals surface area contributed by atoms with Crippen molar-refractivity contribution in [1.29, 1.82) is 0 Å². The number of fused-ring (bicyclic) bond motifs is 2. The third-order valence-corrected chi connectivity index (χ3v) is 8.38. The number of anilines is 3. The van der Waals surface area contributed by atoms with Gasteiger partial charge in [0.2, 0.25) is 0 Å². The predicted molar refractivity (Wildman–Crippen MR) is 184 cm³/mol. The number of rotatable bonds is 6. The third-order valence-electron chi connectivity index (χ3n) is 7.59. The molecule has 43 heavy (non-hydrogen) atoms. The van der Waals surface area contributed by atoms with Gasteiger partial charge in [-0.05, 0) is 73.9 Å². The fourth-order valence-corrected chi connectivity index (χ4v) is 6.02. The van der Waals surface area contributed by atoms with Gasteiger partial charge in [-0.25, -0.2) is 9.50 Å². The first-order valence-corrected chi connectivity index (χ1v) is 16.5. The molecule has 1 aliphatic rings. The minimum atomic E-state index is 0.0792. The molecule has 0 atom stereocenters. The summed E-state index contributed by atoms with van der Waals surface area (Å²) in [6.07, 6.45) is 6.64. The first-order valence-electron chi connectivity index (χ1n) is 15.2. The lowest BCUT2D eigenvalue weighted by molar-refractivity contribution is 0.623. The molecule has 5 aromatic rings. The van der Waals surface area contributed by atoms with Gasteiger partial charge in [-0.3, -0.25) is 9.36 Å². The minimum Gasteiger partial charge on any atom is -0.384 e. The largest absolute Gasteiger partial charge is 0.384 e. The molecule has 3 aromatic heterocycles. The number of aromatic nitrogens is 4. The van der Waals surface area contributed by atoms with E-state index in [4.69, 9.17) is 0 Å². The number of hydrogen-bond acceptors (Lipinski definition) is 7. The van der Waals surface area contributed by atoms with E-state index in [1.807, 2.05) is 49.8 Å². The number of para-hydroxylation sites is 1. The molecule has 1 N–H and O–H groups in total. The standard InChI is InChI=1S/C23H26N6O.C9H13NS.C2H6/c1-4-17-13-16(2)14-19-18(17)15-22(26(3)23(19)30)28-11-9-27(10-12-28)21-6-5-20-24-7-8-29(20)25-21;1-3-10-8-6-4-5-7-9(8)11-2;1-2/h5-8,13-15H,4,9-12H2,1-3H3;4-7,10H,3H2,1-2H3;1-2H3. The van der Waals surface area contributed by atoms with Crippen molar-refractivity contribution in [3.05, 3.63) is 88.5 Å². The molecular weight excluding hydrogens is 554 g/mol. The molecule has 0 unspecified atom stereocenters. The number of pyridine rings is 1. The van der Waals surface area contributed by atoms with E-state index in [9.17, 15) is 4.79 Å². The van der Waals surface area contributed by atoms with Crippen LogP contribution in [0, 0.1) is 6.92 Å². The zero-order valence-corrected chi connectivity index (χ0v) is 27.4. The van der Waals surface area contributed by atoms with Gasteiger partial charge >= 0.3 is 0 Å². The molecule has 8 nitrogen and oxygen atoms in total. The molecule has 6 rings (SSSR count). The molecule has 0 aliphatic carbocycles. The van der Waals surface area contributed by atoms with Crippen molar-refractivity contribution in [2.24, 2.45) is 7.05 Å². The summed E-state index contributed by atoms with van der Waals surface area (Å²) in [6.45, 7) is 14.7. The monoisotopic (exact) mass is 599 g/mol. The van der Waals surface area contributed by atoms with E-state index in [0.29, 0.717) is 0 Å². The number of hydrogen-bond donors (Lipinski definition) is 1. The molecule has 228 valence electrons. The summed E-state index contributed by atoms with van der Waals surface area (Å²) in [5.74, 6) is 1.94. The van der Waals surface area contributed by atoms with Crippen molar-refractivity contribution in [2.45, 2.75) is 45.9 Å². The Morgan fingerprint density at radius 2 is 1.65 bits per heavy atom. The quantitative estimate of drug-likeness (QED) is 0.219. The summed E-state index contributed by atoms with van der Waals surface area (Å²) >= 11 is 1.77. The topological polar surface area (TPSA) is 70.7 Å². The molecule has 0 radical (unpaired) electrons. The van der Waals surface area contributed by atoms with Crippen molar-refractivity contribution < 1.29 is 0 Å². The van der Waals surface area contributed by atoms with Gasteiger partial charge in [-0.15, -0.1) is 16.9 Å².